The Morgan fingerprint density at radius 2 is 1.94 bits per heavy atom. The summed E-state index contributed by atoms with van der Waals surface area (Å²) >= 11 is 0. The second-order valence-electron chi connectivity index (χ2n) is 5.23. The number of benzene rings is 1. The molecule has 0 bridgehead atoms. The zero-order valence-electron chi connectivity index (χ0n) is 11.0. The molecule has 0 spiro atoms. The van der Waals surface area contributed by atoms with Crippen molar-refractivity contribution >= 4 is 10.8 Å². The maximum Gasteiger partial charge on any atom is 0.0668 e. The highest BCUT2D eigenvalue weighted by molar-refractivity contribution is 7.84. The third-order valence-electron chi connectivity index (χ3n) is 3.55. The Morgan fingerprint density at radius 3 is 2.56 bits per heavy atom. The van der Waals surface area contributed by atoms with Crippen LogP contribution in [0.4, 0.5) is 0 Å². The summed E-state index contributed by atoms with van der Waals surface area (Å²) in [6.45, 7) is 4.13. The Labute approximate surface area is 111 Å². The number of nitrogens with zero attached hydrogens (tertiary/aromatic N) is 1. The van der Waals surface area contributed by atoms with Crippen molar-refractivity contribution in [2.24, 2.45) is 5.92 Å². The van der Waals surface area contributed by atoms with Gasteiger partial charge in [-0.15, -0.1) is 0 Å². The van der Waals surface area contributed by atoms with E-state index in [2.05, 4.69) is 38.1 Å². The minimum Gasteiger partial charge on any atom is -0.259 e. The van der Waals surface area contributed by atoms with E-state index in [9.17, 15) is 4.21 Å². The minimum absolute atomic E-state index is 0.00302. The molecule has 1 aromatic rings. The van der Waals surface area contributed by atoms with Crippen LogP contribution in [0.3, 0.4) is 0 Å². The van der Waals surface area contributed by atoms with Crippen LogP contribution in [0, 0.1) is 31.1 Å². The summed E-state index contributed by atoms with van der Waals surface area (Å²) < 4.78 is 12.4. The summed E-state index contributed by atoms with van der Waals surface area (Å²) in [6.07, 6.45) is 2.90. The molecule has 0 N–H and O–H groups in total. The molecule has 1 saturated carbocycles. The number of rotatable bonds is 3. The summed E-state index contributed by atoms with van der Waals surface area (Å²) in [5, 5.41) is 9.13. The van der Waals surface area contributed by atoms with Gasteiger partial charge >= 0.3 is 0 Å². The van der Waals surface area contributed by atoms with Crippen LogP contribution in [0.25, 0.3) is 0 Å². The van der Waals surface area contributed by atoms with Crippen molar-refractivity contribution in [2.45, 2.75) is 44.1 Å². The standard InChI is InChI=1S/C15H19NOS/c1-11-6-12(2)8-13(7-11)10-18(17)15-5-3-4-14(15)9-16/h6-8,14-15H,3-5,10H2,1-2H3. The third kappa shape index (κ3) is 3.00. The van der Waals surface area contributed by atoms with Crippen LogP contribution in [0.15, 0.2) is 18.2 Å². The first kappa shape index (κ1) is 13.3. The Balaban J connectivity index is 2.09. The first-order valence-corrected chi connectivity index (χ1v) is 7.82. The van der Waals surface area contributed by atoms with E-state index in [1.165, 1.54) is 11.1 Å². The molecule has 3 heteroatoms. The summed E-state index contributed by atoms with van der Waals surface area (Å²) in [7, 11) is -0.915. The quantitative estimate of drug-likeness (QED) is 0.838. The Bertz CT molecular complexity index is 483. The smallest absolute Gasteiger partial charge is 0.0668 e. The molecule has 2 nitrogen and oxygen atoms in total. The fourth-order valence-corrected chi connectivity index (χ4v) is 4.51. The maximum atomic E-state index is 12.4. The van der Waals surface area contributed by atoms with Crippen LogP contribution in [-0.2, 0) is 16.6 Å². The van der Waals surface area contributed by atoms with Crippen molar-refractivity contribution in [3.05, 3.63) is 34.9 Å². The zero-order valence-corrected chi connectivity index (χ0v) is 11.8. The van der Waals surface area contributed by atoms with Gasteiger partial charge in [0.25, 0.3) is 0 Å². The predicted octanol–water partition coefficient (Wildman–Crippen LogP) is 3.24. The molecule has 0 saturated heterocycles. The average molecular weight is 261 g/mol. The van der Waals surface area contributed by atoms with E-state index >= 15 is 0 Å². The van der Waals surface area contributed by atoms with Gasteiger partial charge in [-0.2, -0.15) is 5.26 Å². The van der Waals surface area contributed by atoms with Gasteiger partial charge in [0, 0.05) is 16.6 Å². The van der Waals surface area contributed by atoms with E-state index in [1.807, 2.05) is 0 Å². The predicted molar refractivity (Wildman–Crippen MR) is 74.5 cm³/mol. The van der Waals surface area contributed by atoms with Gasteiger partial charge < -0.3 is 0 Å². The molecule has 1 aliphatic rings. The Hall–Kier alpha value is -1.14. The fraction of sp³-hybridized carbons (Fsp3) is 0.533. The molecule has 0 heterocycles. The van der Waals surface area contributed by atoms with Gasteiger partial charge in [-0.25, -0.2) is 0 Å². The van der Waals surface area contributed by atoms with Crippen molar-refractivity contribution in [2.75, 3.05) is 0 Å². The number of hydrogen-bond donors (Lipinski definition) is 0. The number of aryl methyl sites for hydroxylation is 2. The van der Waals surface area contributed by atoms with E-state index in [0.717, 1.165) is 24.8 Å². The van der Waals surface area contributed by atoms with E-state index < -0.39 is 10.8 Å². The lowest BCUT2D eigenvalue weighted by atomic mass is 10.1. The maximum absolute atomic E-state index is 12.4. The third-order valence-corrected chi connectivity index (χ3v) is 5.40. The van der Waals surface area contributed by atoms with Crippen LogP contribution in [0.1, 0.15) is 36.0 Å². The Morgan fingerprint density at radius 1 is 1.28 bits per heavy atom. The van der Waals surface area contributed by atoms with Crippen molar-refractivity contribution in [3.63, 3.8) is 0 Å². The van der Waals surface area contributed by atoms with Gasteiger partial charge in [-0.05, 0) is 32.3 Å². The molecule has 0 aliphatic heterocycles. The van der Waals surface area contributed by atoms with Gasteiger partial charge in [0.2, 0.25) is 0 Å². The first-order chi connectivity index (χ1) is 8.60. The lowest BCUT2D eigenvalue weighted by Crippen LogP contribution is -2.20. The highest BCUT2D eigenvalue weighted by Crippen LogP contribution is 2.30. The van der Waals surface area contributed by atoms with E-state index in [1.54, 1.807) is 0 Å². The second kappa shape index (κ2) is 5.67. The van der Waals surface area contributed by atoms with Gasteiger partial charge in [0.1, 0.15) is 0 Å². The highest BCUT2D eigenvalue weighted by atomic mass is 32.2. The molecule has 1 fully saturated rings. The average Bonchev–Trinajstić information content (AvgIpc) is 2.75. The summed E-state index contributed by atoms with van der Waals surface area (Å²) in [4.78, 5) is 0. The van der Waals surface area contributed by atoms with Crippen molar-refractivity contribution in [3.8, 4) is 6.07 Å². The first-order valence-electron chi connectivity index (χ1n) is 6.44. The molecule has 96 valence electrons. The summed E-state index contributed by atoms with van der Waals surface area (Å²) in [6, 6.07) is 8.63. The van der Waals surface area contributed by atoms with E-state index in [4.69, 9.17) is 5.26 Å². The van der Waals surface area contributed by atoms with Crippen LogP contribution in [-0.4, -0.2) is 9.46 Å². The summed E-state index contributed by atoms with van der Waals surface area (Å²) in [5.74, 6) is 0.586. The molecular weight excluding hydrogens is 242 g/mol. The van der Waals surface area contributed by atoms with E-state index in [0.29, 0.717) is 5.75 Å². The molecule has 0 aromatic heterocycles. The van der Waals surface area contributed by atoms with Gasteiger partial charge in [0.15, 0.2) is 0 Å². The molecule has 18 heavy (non-hydrogen) atoms. The van der Waals surface area contributed by atoms with Crippen LogP contribution >= 0.6 is 0 Å². The Kier molecular flexibility index (Phi) is 4.19. The van der Waals surface area contributed by atoms with Crippen molar-refractivity contribution < 1.29 is 4.21 Å². The lowest BCUT2D eigenvalue weighted by Gasteiger charge is -2.13. The molecule has 3 unspecified atom stereocenters. The molecule has 2 rings (SSSR count). The molecule has 1 aromatic carbocycles. The SMILES string of the molecule is Cc1cc(C)cc(CS(=O)C2CCCC2C#N)c1. The zero-order chi connectivity index (χ0) is 13.1. The molecule has 3 atom stereocenters. The second-order valence-corrected chi connectivity index (χ2v) is 6.88. The van der Waals surface area contributed by atoms with E-state index in [-0.39, 0.29) is 11.2 Å². The van der Waals surface area contributed by atoms with Crippen LogP contribution < -0.4 is 0 Å². The normalized spacial score (nSPS) is 24.7. The van der Waals surface area contributed by atoms with Gasteiger partial charge in [-0.3, -0.25) is 4.21 Å². The molecular formula is C15H19NOS. The van der Waals surface area contributed by atoms with Crippen LogP contribution in [0.5, 0.6) is 0 Å². The van der Waals surface area contributed by atoms with Crippen molar-refractivity contribution in [1.29, 1.82) is 5.26 Å². The highest BCUT2D eigenvalue weighted by Gasteiger charge is 2.31. The fourth-order valence-electron chi connectivity index (χ4n) is 2.81. The number of nitriles is 1. The van der Waals surface area contributed by atoms with Crippen LogP contribution in [0.2, 0.25) is 0 Å². The molecule has 1 aliphatic carbocycles. The largest absolute Gasteiger partial charge is 0.259 e. The summed E-state index contributed by atoms with van der Waals surface area (Å²) in [5.41, 5.74) is 3.56. The minimum atomic E-state index is -0.915. The molecule has 0 amide bonds. The topological polar surface area (TPSA) is 40.9 Å². The lowest BCUT2D eigenvalue weighted by molar-refractivity contribution is 0.645. The van der Waals surface area contributed by atoms with Gasteiger partial charge in [0.05, 0.1) is 17.2 Å². The van der Waals surface area contributed by atoms with Crippen molar-refractivity contribution in [1.82, 2.24) is 0 Å². The molecule has 0 radical (unpaired) electrons. The van der Waals surface area contributed by atoms with Gasteiger partial charge in [-0.1, -0.05) is 35.7 Å². The number of hydrogen-bond acceptors (Lipinski definition) is 2. The monoisotopic (exact) mass is 261 g/mol.